The summed E-state index contributed by atoms with van der Waals surface area (Å²) in [7, 11) is -3.57. The number of hydrogen-bond donors (Lipinski definition) is 1. The van der Waals surface area contributed by atoms with Crippen LogP contribution in [0.5, 0.6) is 0 Å². The van der Waals surface area contributed by atoms with Gasteiger partial charge in [0, 0.05) is 17.8 Å². The van der Waals surface area contributed by atoms with Gasteiger partial charge >= 0.3 is 0 Å². The Labute approximate surface area is 150 Å². The summed E-state index contributed by atoms with van der Waals surface area (Å²) >= 11 is 1.14. The molecule has 0 spiro atoms. The predicted molar refractivity (Wildman–Crippen MR) is 94.8 cm³/mol. The minimum atomic E-state index is -3.57. The van der Waals surface area contributed by atoms with Crippen molar-refractivity contribution in [2.45, 2.75) is 36.4 Å². The Hall–Kier alpha value is -2.03. The van der Waals surface area contributed by atoms with E-state index in [2.05, 4.69) is 14.9 Å². The molecule has 3 aromatic rings. The molecule has 1 fully saturated rings. The van der Waals surface area contributed by atoms with Gasteiger partial charge in [-0.25, -0.2) is 13.1 Å². The van der Waals surface area contributed by atoms with Crippen molar-refractivity contribution in [3.8, 4) is 11.5 Å². The lowest BCUT2D eigenvalue weighted by Gasteiger charge is -2.05. The Bertz CT molecular complexity index is 986. The first kappa shape index (κ1) is 16.4. The molecule has 25 heavy (non-hydrogen) atoms. The van der Waals surface area contributed by atoms with Gasteiger partial charge in [-0.3, -0.25) is 0 Å². The van der Waals surface area contributed by atoms with Crippen molar-refractivity contribution in [1.29, 1.82) is 0 Å². The Balaban J connectivity index is 1.48. The number of hydrogen-bond acceptors (Lipinski definition) is 6. The Morgan fingerprint density at radius 2 is 2.00 bits per heavy atom. The Morgan fingerprint density at radius 1 is 1.24 bits per heavy atom. The van der Waals surface area contributed by atoms with Gasteiger partial charge in [0.15, 0.2) is 0 Å². The van der Waals surface area contributed by atoms with Gasteiger partial charge in [-0.05, 0) is 31.4 Å². The van der Waals surface area contributed by atoms with Crippen LogP contribution in [0, 0.1) is 6.92 Å². The normalized spacial score (nSPS) is 14.8. The van der Waals surface area contributed by atoms with E-state index in [0.717, 1.165) is 35.3 Å². The third-order valence-corrected chi connectivity index (χ3v) is 6.88. The smallest absolute Gasteiger partial charge is 0.250 e. The summed E-state index contributed by atoms with van der Waals surface area (Å²) in [5.41, 5.74) is 2.69. The molecule has 0 bridgehead atoms. The SMILES string of the molecule is Cc1ccc(CNS(=O)(=O)c2cc(-c3nnc(C4CC4)o3)cs2)cc1. The summed E-state index contributed by atoms with van der Waals surface area (Å²) < 4.78 is 33.4. The molecule has 0 atom stereocenters. The van der Waals surface area contributed by atoms with Crippen molar-refractivity contribution in [3.05, 3.63) is 52.7 Å². The molecule has 2 heterocycles. The van der Waals surface area contributed by atoms with Gasteiger partial charge in [0.25, 0.3) is 0 Å². The van der Waals surface area contributed by atoms with E-state index in [0.29, 0.717) is 23.3 Å². The van der Waals surface area contributed by atoms with Crippen molar-refractivity contribution < 1.29 is 12.8 Å². The molecule has 130 valence electrons. The summed E-state index contributed by atoms with van der Waals surface area (Å²) in [6.07, 6.45) is 2.15. The number of nitrogens with one attached hydrogen (secondary N) is 1. The molecule has 0 radical (unpaired) electrons. The molecule has 0 aliphatic heterocycles. The minimum Gasteiger partial charge on any atom is -0.420 e. The molecule has 0 saturated heterocycles. The van der Waals surface area contributed by atoms with Crippen LogP contribution >= 0.6 is 11.3 Å². The largest absolute Gasteiger partial charge is 0.420 e. The monoisotopic (exact) mass is 375 g/mol. The maximum Gasteiger partial charge on any atom is 0.250 e. The van der Waals surface area contributed by atoms with Gasteiger partial charge in [-0.1, -0.05) is 29.8 Å². The maximum atomic E-state index is 12.5. The lowest BCUT2D eigenvalue weighted by molar-refractivity contribution is 0.508. The quantitative estimate of drug-likeness (QED) is 0.713. The molecule has 6 nitrogen and oxygen atoms in total. The van der Waals surface area contributed by atoms with E-state index in [9.17, 15) is 8.42 Å². The summed E-state index contributed by atoms with van der Waals surface area (Å²) in [6.45, 7) is 2.25. The van der Waals surface area contributed by atoms with E-state index in [-0.39, 0.29) is 10.8 Å². The fourth-order valence-corrected chi connectivity index (χ4v) is 4.59. The number of nitrogens with zero attached hydrogens (tertiary/aromatic N) is 2. The highest BCUT2D eigenvalue weighted by molar-refractivity contribution is 7.91. The van der Waals surface area contributed by atoms with Crippen molar-refractivity contribution >= 4 is 21.4 Å². The van der Waals surface area contributed by atoms with E-state index in [1.54, 1.807) is 11.4 Å². The predicted octanol–water partition coefficient (Wildman–Crippen LogP) is 3.46. The number of aromatic nitrogens is 2. The lowest BCUT2D eigenvalue weighted by atomic mass is 10.2. The third kappa shape index (κ3) is 3.65. The number of thiophene rings is 1. The highest BCUT2D eigenvalue weighted by atomic mass is 32.2. The van der Waals surface area contributed by atoms with Gasteiger partial charge in [-0.2, -0.15) is 0 Å². The van der Waals surface area contributed by atoms with Crippen molar-refractivity contribution in [2.24, 2.45) is 0 Å². The third-order valence-electron chi connectivity index (χ3n) is 4.04. The molecular weight excluding hydrogens is 358 g/mol. The zero-order valence-corrected chi connectivity index (χ0v) is 15.2. The fourth-order valence-electron chi connectivity index (χ4n) is 2.37. The van der Waals surface area contributed by atoms with Gasteiger partial charge in [0.05, 0.1) is 5.56 Å². The molecule has 8 heteroatoms. The standard InChI is InChI=1S/C17H17N3O3S2/c1-11-2-4-12(5-3-11)9-18-25(21,22)15-8-14(10-24-15)17-20-19-16(23-17)13-6-7-13/h2-5,8,10,13,18H,6-7,9H2,1H3. The van der Waals surface area contributed by atoms with E-state index in [4.69, 9.17) is 4.42 Å². The molecule has 0 amide bonds. The number of benzene rings is 1. The van der Waals surface area contributed by atoms with Crippen LogP contribution in [0.2, 0.25) is 0 Å². The van der Waals surface area contributed by atoms with Crippen molar-refractivity contribution in [3.63, 3.8) is 0 Å². The second-order valence-corrected chi connectivity index (χ2v) is 9.09. The van der Waals surface area contributed by atoms with Crippen LogP contribution in [0.25, 0.3) is 11.5 Å². The lowest BCUT2D eigenvalue weighted by Crippen LogP contribution is -2.22. The van der Waals surface area contributed by atoms with E-state index in [1.807, 2.05) is 31.2 Å². The highest BCUT2D eigenvalue weighted by Crippen LogP contribution is 2.40. The molecule has 1 aliphatic carbocycles. The van der Waals surface area contributed by atoms with Gasteiger partial charge < -0.3 is 4.42 Å². The van der Waals surface area contributed by atoms with Crippen LogP contribution in [0.1, 0.15) is 35.8 Å². The Morgan fingerprint density at radius 3 is 2.72 bits per heavy atom. The Kier molecular flexibility index (Phi) is 4.18. The number of rotatable bonds is 6. The molecule has 1 aromatic carbocycles. The zero-order chi connectivity index (χ0) is 17.4. The van der Waals surface area contributed by atoms with Gasteiger partial charge in [0.1, 0.15) is 4.21 Å². The molecule has 1 aliphatic rings. The van der Waals surface area contributed by atoms with E-state index in [1.165, 1.54) is 0 Å². The van der Waals surface area contributed by atoms with Gasteiger partial charge in [0.2, 0.25) is 21.8 Å². The zero-order valence-electron chi connectivity index (χ0n) is 13.6. The van der Waals surface area contributed by atoms with Crippen molar-refractivity contribution in [1.82, 2.24) is 14.9 Å². The summed E-state index contributed by atoms with van der Waals surface area (Å²) in [6, 6.07) is 9.32. The first-order valence-electron chi connectivity index (χ1n) is 7.99. The maximum absolute atomic E-state index is 12.5. The first-order valence-corrected chi connectivity index (χ1v) is 10.3. The van der Waals surface area contributed by atoms with Crippen LogP contribution in [0.3, 0.4) is 0 Å². The number of aryl methyl sites for hydroxylation is 1. The van der Waals surface area contributed by atoms with E-state index < -0.39 is 10.0 Å². The molecule has 1 N–H and O–H groups in total. The summed E-state index contributed by atoms with van der Waals surface area (Å²) in [4.78, 5) is 0. The first-order chi connectivity index (χ1) is 12.0. The van der Waals surface area contributed by atoms with Crippen LogP contribution in [-0.4, -0.2) is 18.6 Å². The van der Waals surface area contributed by atoms with E-state index >= 15 is 0 Å². The van der Waals surface area contributed by atoms with Crippen LogP contribution < -0.4 is 4.72 Å². The van der Waals surface area contributed by atoms with Gasteiger partial charge in [-0.15, -0.1) is 21.5 Å². The topological polar surface area (TPSA) is 85.1 Å². The van der Waals surface area contributed by atoms with Crippen LogP contribution in [0.15, 0.2) is 44.3 Å². The average Bonchev–Trinajstić information content (AvgIpc) is 3.12. The number of sulfonamides is 1. The van der Waals surface area contributed by atoms with Crippen LogP contribution in [-0.2, 0) is 16.6 Å². The molecule has 0 unspecified atom stereocenters. The molecule has 4 rings (SSSR count). The fraction of sp³-hybridized carbons (Fsp3) is 0.294. The second kappa shape index (κ2) is 6.36. The second-order valence-electron chi connectivity index (χ2n) is 6.18. The molecular formula is C17H17N3O3S2. The highest BCUT2D eigenvalue weighted by Gasteiger charge is 2.30. The molecule has 2 aromatic heterocycles. The molecule has 1 saturated carbocycles. The minimum absolute atomic E-state index is 0.237. The average molecular weight is 375 g/mol. The van der Waals surface area contributed by atoms with Crippen molar-refractivity contribution in [2.75, 3.05) is 0 Å². The van der Waals surface area contributed by atoms with Crippen LogP contribution in [0.4, 0.5) is 0 Å². The summed E-state index contributed by atoms with van der Waals surface area (Å²) in [5.74, 6) is 1.39. The summed E-state index contributed by atoms with van der Waals surface area (Å²) in [5, 5.41) is 9.78.